The normalized spacial score (nSPS) is 20.4. The molecule has 2 N–H and O–H groups in total. The standard InChI is InChI=1S/C9H9NO2S/c1-4-2-5-7(11)3-6(9(10)12)8(5)13-4/h2,6H,3H2,1H3,(H2,10,12)/t6-/m0/s1. The van der Waals surface area contributed by atoms with Crippen LogP contribution in [0.2, 0.25) is 0 Å². The Bertz CT molecular complexity index is 394. The van der Waals surface area contributed by atoms with Gasteiger partial charge in [-0.2, -0.15) is 0 Å². The predicted octanol–water partition coefficient (Wildman–Crippen LogP) is 1.21. The zero-order chi connectivity index (χ0) is 9.59. The fraction of sp³-hybridized carbons (Fsp3) is 0.333. The fourth-order valence-corrected chi connectivity index (χ4v) is 2.77. The molecular formula is C9H9NO2S. The average molecular weight is 195 g/mol. The van der Waals surface area contributed by atoms with Gasteiger partial charge in [-0.1, -0.05) is 0 Å². The van der Waals surface area contributed by atoms with Gasteiger partial charge in [0.1, 0.15) is 0 Å². The van der Waals surface area contributed by atoms with E-state index in [0.29, 0.717) is 5.56 Å². The number of ketones is 1. The number of nitrogens with two attached hydrogens (primary N) is 1. The van der Waals surface area contributed by atoms with Crippen LogP contribution in [0.3, 0.4) is 0 Å². The summed E-state index contributed by atoms with van der Waals surface area (Å²) in [4.78, 5) is 24.3. The maximum Gasteiger partial charge on any atom is 0.226 e. The highest BCUT2D eigenvalue weighted by Gasteiger charge is 2.34. The number of hydrogen-bond donors (Lipinski definition) is 1. The number of Topliss-reactive ketones (excluding diaryl/α,β-unsaturated/α-hetero) is 1. The Hall–Kier alpha value is -1.16. The molecule has 0 unspecified atom stereocenters. The van der Waals surface area contributed by atoms with Gasteiger partial charge in [0, 0.05) is 21.7 Å². The molecule has 2 rings (SSSR count). The molecule has 0 fully saturated rings. The molecular weight excluding hydrogens is 186 g/mol. The van der Waals surface area contributed by atoms with Crippen LogP contribution in [-0.2, 0) is 4.79 Å². The summed E-state index contributed by atoms with van der Waals surface area (Å²) >= 11 is 1.50. The third-order valence-electron chi connectivity index (χ3n) is 2.23. The van der Waals surface area contributed by atoms with Crippen LogP contribution in [0.15, 0.2) is 6.07 Å². The number of carbonyl (C=O) groups excluding carboxylic acids is 2. The Morgan fingerprint density at radius 3 is 3.00 bits per heavy atom. The van der Waals surface area contributed by atoms with Crippen LogP contribution < -0.4 is 5.73 Å². The summed E-state index contributed by atoms with van der Waals surface area (Å²) in [6.07, 6.45) is 0.261. The van der Waals surface area contributed by atoms with Crippen molar-refractivity contribution in [3.05, 3.63) is 21.4 Å². The van der Waals surface area contributed by atoms with E-state index >= 15 is 0 Å². The molecule has 0 aromatic carbocycles. The van der Waals surface area contributed by atoms with E-state index in [4.69, 9.17) is 5.73 Å². The van der Waals surface area contributed by atoms with Gasteiger partial charge in [0.2, 0.25) is 5.91 Å². The zero-order valence-electron chi connectivity index (χ0n) is 7.16. The fourth-order valence-electron chi connectivity index (χ4n) is 1.63. The lowest BCUT2D eigenvalue weighted by atomic mass is 10.1. The van der Waals surface area contributed by atoms with Gasteiger partial charge >= 0.3 is 0 Å². The lowest BCUT2D eigenvalue weighted by Gasteiger charge is -2.01. The number of fused-ring (bicyclic) bond motifs is 1. The molecule has 0 saturated carbocycles. The Kier molecular flexibility index (Phi) is 1.73. The number of rotatable bonds is 1. The van der Waals surface area contributed by atoms with Crippen LogP contribution >= 0.6 is 11.3 Å². The Balaban J connectivity index is 2.51. The highest BCUT2D eigenvalue weighted by Crippen LogP contribution is 2.38. The van der Waals surface area contributed by atoms with Crippen molar-refractivity contribution >= 4 is 23.0 Å². The maximum absolute atomic E-state index is 11.4. The summed E-state index contributed by atoms with van der Waals surface area (Å²) in [6.45, 7) is 1.92. The Morgan fingerprint density at radius 2 is 2.38 bits per heavy atom. The average Bonchev–Trinajstić information content (AvgIpc) is 2.51. The Labute approximate surface area is 79.6 Å². The molecule has 1 aliphatic rings. The first-order chi connectivity index (χ1) is 6.09. The van der Waals surface area contributed by atoms with Crippen molar-refractivity contribution in [2.24, 2.45) is 5.73 Å². The first-order valence-corrected chi connectivity index (χ1v) is 4.84. The molecule has 1 atom stereocenters. The van der Waals surface area contributed by atoms with Gasteiger partial charge in [0.25, 0.3) is 0 Å². The molecule has 0 spiro atoms. The summed E-state index contributed by atoms with van der Waals surface area (Å²) in [7, 11) is 0. The minimum atomic E-state index is -0.394. The Morgan fingerprint density at radius 1 is 1.69 bits per heavy atom. The summed E-state index contributed by atoms with van der Waals surface area (Å²) in [5, 5.41) is 0. The summed E-state index contributed by atoms with van der Waals surface area (Å²) < 4.78 is 0. The lowest BCUT2D eigenvalue weighted by Crippen LogP contribution is -2.19. The van der Waals surface area contributed by atoms with E-state index in [1.807, 2.05) is 13.0 Å². The molecule has 1 aromatic rings. The van der Waals surface area contributed by atoms with Gasteiger partial charge in [-0.3, -0.25) is 9.59 Å². The van der Waals surface area contributed by atoms with Crippen LogP contribution in [-0.4, -0.2) is 11.7 Å². The molecule has 13 heavy (non-hydrogen) atoms. The second kappa shape index (κ2) is 2.67. The zero-order valence-corrected chi connectivity index (χ0v) is 7.98. The van der Waals surface area contributed by atoms with E-state index in [2.05, 4.69) is 0 Å². The third kappa shape index (κ3) is 1.18. The number of amides is 1. The van der Waals surface area contributed by atoms with E-state index < -0.39 is 5.91 Å². The minimum absolute atomic E-state index is 0.0446. The summed E-state index contributed by atoms with van der Waals surface area (Å²) in [6, 6.07) is 1.84. The monoisotopic (exact) mass is 195 g/mol. The maximum atomic E-state index is 11.4. The van der Waals surface area contributed by atoms with Crippen molar-refractivity contribution < 1.29 is 9.59 Å². The van der Waals surface area contributed by atoms with Crippen molar-refractivity contribution in [3.63, 3.8) is 0 Å². The highest BCUT2D eigenvalue weighted by atomic mass is 32.1. The van der Waals surface area contributed by atoms with Gasteiger partial charge in [0.15, 0.2) is 5.78 Å². The van der Waals surface area contributed by atoms with E-state index in [-0.39, 0.29) is 18.1 Å². The van der Waals surface area contributed by atoms with E-state index in [1.165, 1.54) is 11.3 Å². The van der Waals surface area contributed by atoms with Crippen LogP contribution in [0.25, 0.3) is 0 Å². The second-order valence-electron chi connectivity index (χ2n) is 3.22. The molecule has 0 aliphatic heterocycles. The number of thiophene rings is 1. The number of aryl methyl sites for hydroxylation is 1. The van der Waals surface area contributed by atoms with Gasteiger partial charge in [-0.05, 0) is 13.0 Å². The van der Waals surface area contributed by atoms with Crippen molar-refractivity contribution in [2.75, 3.05) is 0 Å². The number of primary amides is 1. The first kappa shape index (κ1) is 8.44. The number of hydrogen-bond acceptors (Lipinski definition) is 3. The molecule has 3 nitrogen and oxygen atoms in total. The van der Waals surface area contributed by atoms with Gasteiger partial charge in [-0.25, -0.2) is 0 Å². The van der Waals surface area contributed by atoms with Crippen molar-refractivity contribution in [1.29, 1.82) is 0 Å². The van der Waals surface area contributed by atoms with Crippen molar-refractivity contribution in [2.45, 2.75) is 19.3 Å². The molecule has 4 heteroatoms. The van der Waals surface area contributed by atoms with E-state index in [9.17, 15) is 9.59 Å². The molecule has 1 amide bonds. The topological polar surface area (TPSA) is 60.2 Å². The smallest absolute Gasteiger partial charge is 0.226 e. The van der Waals surface area contributed by atoms with Crippen LogP contribution in [0.5, 0.6) is 0 Å². The second-order valence-corrected chi connectivity index (χ2v) is 4.51. The minimum Gasteiger partial charge on any atom is -0.369 e. The predicted molar refractivity (Wildman–Crippen MR) is 49.9 cm³/mol. The molecule has 1 heterocycles. The van der Waals surface area contributed by atoms with Gasteiger partial charge in [-0.15, -0.1) is 11.3 Å². The molecule has 1 aliphatic carbocycles. The van der Waals surface area contributed by atoms with E-state index in [0.717, 1.165) is 9.75 Å². The lowest BCUT2D eigenvalue weighted by molar-refractivity contribution is -0.119. The van der Waals surface area contributed by atoms with E-state index in [1.54, 1.807) is 0 Å². The van der Waals surface area contributed by atoms with Crippen LogP contribution in [0.1, 0.15) is 32.5 Å². The summed E-state index contributed by atoms with van der Waals surface area (Å²) in [5.74, 6) is -0.724. The number of carbonyl (C=O) groups is 2. The molecule has 0 saturated heterocycles. The van der Waals surface area contributed by atoms with Crippen molar-refractivity contribution in [1.82, 2.24) is 0 Å². The van der Waals surface area contributed by atoms with Crippen molar-refractivity contribution in [3.8, 4) is 0 Å². The highest BCUT2D eigenvalue weighted by molar-refractivity contribution is 7.12. The molecule has 68 valence electrons. The summed E-state index contributed by atoms with van der Waals surface area (Å²) in [5.41, 5.74) is 5.90. The SMILES string of the molecule is Cc1cc2c(s1)[C@@H](C(N)=O)CC2=O. The largest absolute Gasteiger partial charge is 0.369 e. The molecule has 0 bridgehead atoms. The quantitative estimate of drug-likeness (QED) is 0.732. The van der Waals surface area contributed by atoms with Gasteiger partial charge < -0.3 is 5.73 Å². The van der Waals surface area contributed by atoms with Gasteiger partial charge in [0.05, 0.1) is 5.92 Å². The third-order valence-corrected chi connectivity index (χ3v) is 3.40. The van der Waals surface area contributed by atoms with Crippen LogP contribution in [0, 0.1) is 6.92 Å². The van der Waals surface area contributed by atoms with Crippen LogP contribution in [0.4, 0.5) is 0 Å². The molecule has 1 aromatic heterocycles. The first-order valence-electron chi connectivity index (χ1n) is 4.02. The molecule has 0 radical (unpaired) electrons.